The third kappa shape index (κ3) is 2.28. The fourth-order valence-corrected chi connectivity index (χ4v) is 2.65. The third-order valence-electron chi connectivity index (χ3n) is 3.69. The second-order valence-corrected chi connectivity index (χ2v) is 4.90. The maximum absolute atomic E-state index is 11.9. The van der Waals surface area contributed by atoms with Crippen LogP contribution in [0.15, 0.2) is 34.9 Å². The average Bonchev–Trinajstić information content (AvgIpc) is 2.96. The molecule has 2 aromatic rings. The van der Waals surface area contributed by atoms with Gasteiger partial charge in [-0.2, -0.15) is 0 Å². The van der Waals surface area contributed by atoms with Gasteiger partial charge in [0, 0.05) is 0 Å². The predicted octanol–water partition coefficient (Wildman–Crippen LogP) is 3.69. The highest BCUT2D eigenvalue weighted by atomic mass is 16.5. The summed E-state index contributed by atoms with van der Waals surface area (Å²) in [5.41, 5.74) is 3.81. The standard InChI is InChI=1S/C16H16O3/c1-11-13-6-3-2-5-12(13)8-9-14(11)19-16(17)15-7-4-10-18-15/h4,7-10H,2-3,5-6H2,1H3. The molecule has 3 nitrogen and oxygen atoms in total. The molecule has 19 heavy (non-hydrogen) atoms. The van der Waals surface area contributed by atoms with E-state index < -0.39 is 5.97 Å². The number of rotatable bonds is 2. The number of carbonyl (C=O) groups is 1. The van der Waals surface area contributed by atoms with E-state index in [4.69, 9.17) is 9.15 Å². The Morgan fingerprint density at radius 1 is 1.21 bits per heavy atom. The minimum atomic E-state index is -0.441. The molecule has 98 valence electrons. The fourth-order valence-electron chi connectivity index (χ4n) is 2.65. The van der Waals surface area contributed by atoms with Crippen molar-refractivity contribution in [3.05, 3.63) is 53.0 Å². The predicted molar refractivity (Wildman–Crippen MR) is 71.5 cm³/mol. The largest absolute Gasteiger partial charge is 0.457 e. The van der Waals surface area contributed by atoms with Crippen LogP contribution in [0.1, 0.15) is 40.1 Å². The van der Waals surface area contributed by atoms with Gasteiger partial charge in [0.05, 0.1) is 6.26 Å². The minimum absolute atomic E-state index is 0.233. The van der Waals surface area contributed by atoms with E-state index >= 15 is 0 Å². The number of hydrogen-bond donors (Lipinski definition) is 0. The molecule has 0 aliphatic heterocycles. The van der Waals surface area contributed by atoms with E-state index in [2.05, 4.69) is 6.07 Å². The first-order valence-electron chi connectivity index (χ1n) is 6.63. The van der Waals surface area contributed by atoms with Crippen molar-refractivity contribution in [1.82, 2.24) is 0 Å². The van der Waals surface area contributed by atoms with Gasteiger partial charge in [0.1, 0.15) is 5.75 Å². The van der Waals surface area contributed by atoms with Crippen LogP contribution in [0.25, 0.3) is 0 Å². The van der Waals surface area contributed by atoms with Gasteiger partial charge in [0.2, 0.25) is 5.76 Å². The maximum atomic E-state index is 11.9. The van der Waals surface area contributed by atoms with Crippen molar-refractivity contribution in [2.24, 2.45) is 0 Å². The van der Waals surface area contributed by atoms with Crippen LogP contribution in [0.4, 0.5) is 0 Å². The van der Waals surface area contributed by atoms with Crippen molar-refractivity contribution in [3.8, 4) is 5.75 Å². The van der Waals surface area contributed by atoms with E-state index in [0.717, 1.165) is 18.4 Å². The van der Waals surface area contributed by atoms with Gasteiger partial charge in [-0.25, -0.2) is 4.79 Å². The van der Waals surface area contributed by atoms with Crippen molar-refractivity contribution in [2.75, 3.05) is 0 Å². The molecule has 3 heteroatoms. The summed E-state index contributed by atoms with van der Waals surface area (Å²) in [7, 11) is 0. The van der Waals surface area contributed by atoms with E-state index in [1.807, 2.05) is 13.0 Å². The van der Waals surface area contributed by atoms with E-state index in [1.54, 1.807) is 12.1 Å². The third-order valence-corrected chi connectivity index (χ3v) is 3.69. The van der Waals surface area contributed by atoms with Gasteiger partial charge in [-0.15, -0.1) is 0 Å². The van der Waals surface area contributed by atoms with Crippen molar-refractivity contribution in [1.29, 1.82) is 0 Å². The van der Waals surface area contributed by atoms with Gasteiger partial charge in [0.15, 0.2) is 0 Å². The Morgan fingerprint density at radius 3 is 2.84 bits per heavy atom. The lowest BCUT2D eigenvalue weighted by atomic mass is 9.88. The van der Waals surface area contributed by atoms with Gasteiger partial charge in [-0.3, -0.25) is 0 Å². The van der Waals surface area contributed by atoms with Crippen LogP contribution in [0.5, 0.6) is 5.75 Å². The summed E-state index contributed by atoms with van der Waals surface area (Å²) in [6, 6.07) is 7.25. The molecule has 0 saturated heterocycles. The molecule has 0 fully saturated rings. The first kappa shape index (κ1) is 12.0. The smallest absolute Gasteiger partial charge is 0.379 e. The zero-order valence-corrected chi connectivity index (χ0v) is 10.9. The first-order valence-corrected chi connectivity index (χ1v) is 6.63. The Kier molecular flexibility index (Phi) is 3.11. The highest BCUT2D eigenvalue weighted by Gasteiger charge is 2.17. The number of furan rings is 1. The van der Waals surface area contributed by atoms with Crippen LogP contribution in [0.3, 0.4) is 0 Å². The highest BCUT2D eigenvalue weighted by Crippen LogP contribution is 2.30. The second-order valence-electron chi connectivity index (χ2n) is 4.90. The Bertz CT molecular complexity index is 597. The molecule has 0 saturated carbocycles. The number of hydrogen-bond acceptors (Lipinski definition) is 3. The molecular formula is C16H16O3. The Morgan fingerprint density at radius 2 is 2.05 bits per heavy atom. The van der Waals surface area contributed by atoms with E-state index in [1.165, 1.54) is 30.2 Å². The van der Waals surface area contributed by atoms with Gasteiger partial charge in [-0.1, -0.05) is 6.07 Å². The van der Waals surface area contributed by atoms with Gasteiger partial charge >= 0.3 is 5.97 Å². The van der Waals surface area contributed by atoms with Crippen LogP contribution in [-0.2, 0) is 12.8 Å². The fraction of sp³-hybridized carbons (Fsp3) is 0.312. The van der Waals surface area contributed by atoms with Crippen molar-refractivity contribution in [2.45, 2.75) is 32.6 Å². The minimum Gasteiger partial charge on any atom is -0.457 e. The summed E-state index contributed by atoms with van der Waals surface area (Å²) < 4.78 is 10.5. The zero-order chi connectivity index (χ0) is 13.2. The zero-order valence-electron chi connectivity index (χ0n) is 10.9. The summed E-state index contributed by atoms with van der Waals surface area (Å²) in [4.78, 5) is 11.9. The van der Waals surface area contributed by atoms with E-state index in [-0.39, 0.29) is 5.76 Å². The molecule has 0 N–H and O–H groups in total. The van der Waals surface area contributed by atoms with Crippen LogP contribution in [0, 0.1) is 6.92 Å². The van der Waals surface area contributed by atoms with Gasteiger partial charge in [0.25, 0.3) is 0 Å². The number of benzene rings is 1. The van der Waals surface area contributed by atoms with Crippen LogP contribution in [-0.4, -0.2) is 5.97 Å². The number of esters is 1. The molecule has 0 unspecified atom stereocenters. The topological polar surface area (TPSA) is 39.4 Å². The first-order chi connectivity index (χ1) is 9.25. The molecule has 1 aliphatic rings. The quantitative estimate of drug-likeness (QED) is 0.607. The summed E-state index contributed by atoms with van der Waals surface area (Å²) in [6.45, 7) is 2.02. The summed E-state index contributed by atoms with van der Waals surface area (Å²) in [5, 5.41) is 0. The monoisotopic (exact) mass is 256 g/mol. The summed E-state index contributed by atoms with van der Waals surface area (Å²) in [5.74, 6) is 0.433. The van der Waals surface area contributed by atoms with Gasteiger partial charge in [-0.05, 0) is 67.5 Å². The Labute approximate surface area is 112 Å². The molecule has 1 aromatic heterocycles. The normalized spacial score (nSPS) is 13.9. The van der Waals surface area contributed by atoms with Gasteiger partial charge < -0.3 is 9.15 Å². The lowest BCUT2D eigenvalue weighted by Crippen LogP contribution is -2.11. The maximum Gasteiger partial charge on any atom is 0.379 e. The SMILES string of the molecule is Cc1c(OC(=O)c2ccco2)ccc2c1CCCC2. The molecule has 0 radical (unpaired) electrons. The average molecular weight is 256 g/mol. The highest BCUT2D eigenvalue weighted by molar-refractivity contribution is 5.88. The Balaban J connectivity index is 1.87. The lowest BCUT2D eigenvalue weighted by molar-refractivity contribution is 0.0700. The molecule has 0 amide bonds. The molecule has 1 heterocycles. The molecule has 1 aromatic carbocycles. The Hall–Kier alpha value is -2.03. The van der Waals surface area contributed by atoms with Crippen LogP contribution < -0.4 is 4.74 Å². The molecule has 3 rings (SSSR count). The molecular weight excluding hydrogens is 240 g/mol. The molecule has 0 atom stereocenters. The summed E-state index contributed by atoms with van der Waals surface area (Å²) in [6.07, 6.45) is 6.13. The van der Waals surface area contributed by atoms with Crippen molar-refractivity contribution in [3.63, 3.8) is 0 Å². The lowest BCUT2D eigenvalue weighted by Gasteiger charge is -2.19. The van der Waals surface area contributed by atoms with Crippen LogP contribution >= 0.6 is 0 Å². The number of ether oxygens (including phenoxy) is 1. The van der Waals surface area contributed by atoms with Crippen LogP contribution in [0.2, 0.25) is 0 Å². The van der Waals surface area contributed by atoms with Crippen molar-refractivity contribution < 1.29 is 13.9 Å². The molecule has 1 aliphatic carbocycles. The summed E-state index contributed by atoms with van der Waals surface area (Å²) >= 11 is 0. The number of aryl methyl sites for hydroxylation is 1. The van der Waals surface area contributed by atoms with E-state index in [0.29, 0.717) is 5.75 Å². The molecule has 0 spiro atoms. The molecule has 0 bridgehead atoms. The van der Waals surface area contributed by atoms with E-state index in [9.17, 15) is 4.79 Å². The second kappa shape index (κ2) is 4.92. The number of fused-ring (bicyclic) bond motifs is 1. The number of carbonyl (C=O) groups excluding carboxylic acids is 1. The van der Waals surface area contributed by atoms with Crippen molar-refractivity contribution >= 4 is 5.97 Å².